The summed E-state index contributed by atoms with van der Waals surface area (Å²) in [6, 6.07) is 15.8. The Labute approximate surface area is 179 Å². The molecule has 0 saturated carbocycles. The third kappa shape index (κ3) is 5.90. The normalized spacial score (nSPS) is 20.3. The maximum Gasteiger partial charge on any atom is 0.243 e. The number of likely N-dealkylation sites (tertiary alicyclic amines) is 1. The van der Waals surface area contributed by atoms with Crippen molar-refractivity contribution in [3.63, 3.8) is 0 Å². The molecule has 3 rings (SSSR count). The number of carbonyl (C=O) groups excluding carboxylic acids is 1. The van der Waals surface area contributed by atoms with Crippen LogP contribution in [0.25, 0.3) is 0 Å². The number of hydrogen-bond acceptors (Lipinski definition) is 4. The van der Waals surface area contributed by atoms with E-state index < -0.39 is 10.0 Å². The van der Waals surface area contributed by atoms with Crippen LogP contribution in [0.5, 0.6) is 0 Å². The number of rotatable bonds is 7. The van der Waals surface area contributed by atoms with E-state index in [1.54, 1.807) is 19.2 Å². The Kier molecular flexibility index (Phi) is 7.28. The molecule has 162 valence electrons. The fourth-order valence-corrected chi connectivity index (χ4v) is 5.30. The molecule has 2 atom stereocenters. The molecule has 6 nitrogen and oxygen atoms in total. The average Bonchev–Trinajstić information content (AvgIpc) is 2.68. The van der Waals surface area contributed by atoms with Gasteiger partial charge in [-0.2, -0.15) is 4.31 Å². The van der Waals surface area contributed by atoms with Crippen LogP contribution in [-0.4, -0.2) is 50.2 Å². The number of benzene rings is 2. The van der Waals surface area contributed by atoms with Crippen LogP contribution in [0.15, 0.2) is 59.5 Å². The van der Waals surface area contributed by atoms with Gasteiger partial charge in [-0.3, -0.25) is 9.69 Å². The van der Waals surface area contributed by atoms with E-state index >= 15 is 0 Å². The van der Waals surface area contributed by atoms with Crippen molar-refractivity contribution in [2.75, 3.05) is 32.0 Å². The van der Waals surface area contributed by atoms with Crippen LogP contribution in [0.4, 0.5) is 5.69 Å². The van der Waals surface area contributed by atoms with E-state index in [9.17, 15) is 13.2 Å². The summed E-state index contributed by atoms with van der Waals surface area (Å²) in [5, 5.41) is 2.88. The molecule has 2 aromatic rings. The SMILES string of the molecule is C[C@@H]1C[C@@H](C)CN(CC(=O)Nc2ccc(S(=O)(=O)N(C)Cc3ccccc3)cc2)C1. The molecule has 0 aromatic heterocycles. The van der Waals surface area contributed by atoms with E-state index in [0.29, 0.717) is 30.6 Å². The lowest BCUT2D eigenvalue weighted by Crippen LogP contribution is -2.42. The van der Waals surface area contributed by atoms with Crippen LogP contribution in [-0.2, 0) is 21.4 Å². The highest BCUT2D eigenvalue weighted by atomic mass is 32.2. The molecule has 1 fully saturated rings. The molecule has 1 aliphatic rings. The minimum absolute atomic E-state index is 0.0758. The molecule has 0 unspecified atom stereocenters. The third-order valence-corrected chi connectivity index (χ3v) is 7.22. The molecule has 1 amide bonds. The van der Waals surface area contributed by atoms with Crippen LogP contribution in [0.1, 0.15) is 25.8 Å². The van der Waals surface area contributed by atoms with Gasteiger partial charge in [0.05, 0.1) is 11.4 Å². The van der Waals surface area contributed by atoms with Crippen molar-refractivity contribution in [2.24, 2.45) is 11.8 Å². The summed E-state index contributed by atoms with van der Waals surface area (Å²) in [4.78, 5) is 14.8. The average molecular weight is 430 g/mol. The summed E-state index contributed by atoms with van der Waals surface area (Å²) < 4.78 is 27.0. The molecule has 0 radical (unpaired) electrons. The molecule has 1 saturated heterocycles. The molecule has 2 aromatic carbocycles. The smallest absolute Gasteiger partial charge is 0.243 e. The Hall–Kier alpha value is -2.22. The highest BCUT2D eigenvalue weighted by Gasteiger charge is 2.24. The second kappa shape index (κ2) is 9.73. The number of amides is 1. The second-order valence-electron chi connectivity index (χ2n) is 8.46. The predicted octanol–water partition coefficient (Wildman–Crippen LogP) is 3.42. The quantitative estimate of drug-likeness (QED) is 0.732. The molecule has 1 N–H and O–H groups in total. The van der Waals surface area contributed by atoms with Crippen LogP contribution < -0.4 is 5.32 Å². The molecular weight excluding hydrogens is 398 g/mol. The first kappa shape index (κ1) is 22.5. The Morgan fingerprint density at radius 2 is 1.63 bits per heavy atom. The molecule has 1 heterocycles. The van der Waals surface area contributed by atoms with Gasteiger partial charge >= 0.3 is 0 Å². The Bertz CT molecular complexity index is 935. The van der Waals surface area contributed by atoms with Gasteiger partial charge in [-0.15, -0.1) is 0 Å². The summed E-state index contributed by atoms with van der Waals surface area (Å²) in [5.74, 6) is 1.12. The maximum absolute atomic E-state index is 12.8. The highest BCUT2D eigenvalue weighted by molar-refractivity contribution is 7.89. The number of anilines is 1. The van der Waals surface area contributed by atoms with Crippen molar-refractivity contribution in [3.05, 3.63) is 60.2 Å². The van der Waals surface area contributed by atoms with Gasteiger partial charge in [-0.05, 0) is 48.1 Å². The zero-order valence-electron chi connectivity index (χ0n) is 17.9. The van der Waals surface area contributed by atoms with Gasteiger partial charge in [0.1, 0.15) is 0 Å². The standard InChI is InChI=1S/C23H31N3O3S/c1-18-13-19(2)15-26(14-18)17-23(27)24-21-9-11-22(12-10-21)30(28,29)25(3)16-20-7-5-4-6-8-20/h4-12,18-19H,13-17H2,1-3H3,(H,24,27)/t18-,19-/m1/s1. The van der Waals surface area contributed by atoms with Crippen molar-refractivity contribution in [1.82, 2.24) is 9.21 Å². The van der Waals surface area contributed by atoms with E-state index in [0.717, 1.165) is 18.7 Å². The number of hydrogen-bond donors (Lipinski definition) is 1. The minimum Gasteiger partial charge on any atom is -0.325 e. The molecule has 0 aliphatic carbocycles. The van der Waals surface area contributed by atoms with Gasteiger partial charge in [0.2, 0.25) is 15.9 Å². The first-order chi connectivity index (χ1) is 14.2. The van der Waals surface area contributed by atoms with Crippen molar-refractivity contribution in [1.29, 1.82) is 0 Å². The van der Waals surface area contributed by atoms with Gasteiger partial charge in [-0.25, -0.2) is 8.42 Å². The summed E-state index contributed by atoms with van der Waals surface area (Å²) in [6.45, 7) is 6.96. The molecule has 0 spiro atoms. The van der Waals surface area contributed by atoms with Crippen molar-refractivity contribution in [3.8, 4) is 0 Å². The van der Waals surface area contributed by atoms with Gasteiger partial charge in [-0.1, -0.05) is 44.2 Å². The minimum atomic E-state index is -3.60. The number of carbonyl (C=O) groups is 1. The largest absolute Gasteiger partial charge is 0.325 e. The second-order valence-corrected chi connectivity index (χ2v) is 10.5. The zero-order chi connectivity index (χ0) is 21.7. The highest BCUT2D eigenvalue weighted by Crippen LogP contribution is 2.21. The van der Waals surface area contributed by atoms with Crippen LogP contribution in [0.2, 0.25) is 0 Å². The lowest BCUT2D eigenvalue weighted by atomic mass is 9.92. The summed E-state index contributed by atoms with van der Waals surface area (Å²) in [5.41, 5.74) is 1.52. The molecule has 1 aliphatic heterocycles. The Morgan fingerprint density at radius 3 is 2.23 bits per heavy atom. The summed E-state index contributed by atoms with van der Waals surface area (Å²) >= 11 is 0. The van der Waals surface area contributed by atoms with Crippen molar-refractivity contribution < 1.29 is 13.2 Å². The summed E-state index contributed by atoms with van der Waals surface area (Å²) in [7, 11) is -2.04. The monoisotopic (exact) mass is 429 g/mol. The first-order valence-electron chi connectivity index (χ1n) is 10.4. The van der Waals surface area contributed by atoms with Crippen LogP contribution in [0.3, 0.4) is 0 Å². The third-order valence-electron chi connectivity index (χ3n) is 5.41. The topological polar surface area (TPSA) is 69.7 Å². The summed E-state index contributed by atoms with van der Waals surface area (Å²) in [6.07, 6.45) is 1.20. The van der Waals surface area contributed by atoms with Crippen LogP contribution in [0, 0.1) is 11.8 Å². The van der Waals surface area contributed by atoms with Crippen molar-refractivity contribution >= 4 is 21.6 Å². The van der Waals surface area contributed by atoms with Gasteiger partial charge < -0.3 is 5.32 Å². The maximum atomic E-state index is 12.8. The van der Waals surface area contributed by atoms with E-state index in [4.69, 9.17) is 0 Å². The van der Waals surface area contributed by atoms with Gasteiger partial charge in [0.25, 0.3) is 0 Å². The molecule has 30 heavy (non-hydrogen) atoms. The lowest BCUT2D eigenvalue weighted by Gasteiger charge is -2.34. The number of sulfonamides is 1. The number of nitrogens with one attached hydrogen (secondary N) is 1. The Morgan fingerprint density at radius 1 is 1.03 bits per heavy atom. The zero-order valence-corrected chi connectivity index (χ0v) is 18.7. The van der Waals surface area contributed by atoms with Gasteiger partial charge in [0, 0.05) is 32.4 Å². The molecule has 7 heteroatoms. The van der Waals surface area contributed by atoms with E-state index in [1.165, 1.54) is 22.9 Å². The van der Waals surface area contributed by atoms with Gasteiger partial charge in [0.15, 0.2) is 0 Å². The Balaban J connectivity index is 1.59. The van der Waals surface area contributed by atoms with E-state index in [1.807, 2.05) is 30.3 Å². The number of nitrogens with zero attached hydrogens (tertiary/aromatic N) is 2. The number of piperidine rings is 1. The first-order valence-corrected chi connectivity index (χ1v) is 11.8. The fraction of sp³-hybridized carbons (Fsp3) is 0.435. The predicted molar refractivity (Wildman–Crippen MR) is 120 cm³/mol. The van der Waals surface area contributed by atoms with E-state index in [2.05, 4.69) is 24.1 Å². The lowest BCUT2D eigenvalue weighted by molar-refractivity contribution is -0.117. The van der Waals surface area contributed by atoms with Crippen LogP contribution >= 0.6 is 0 Å². The van der Waals surface area contributed by atoms with Crippen molar-refractivity contribution in [2.45, 2.75) is 31.7 Å². The van der Waals surface area contributed by atoms with E-state index in [-0.39, 0.29) is 10.8 Å². The fourth-order valence-electron chi connectivity index (χ4n) is 4.14. The molecular formula is C23H31N3O3S. The molecule has 0 bridgehead atoms.